The summed E-state index contributed by atoms with van der Waals surface area (Å²) in [4.78, 5) is 23.3. The van der Waals surface area contributed by atoms with Gasteiger partial charge in [-0.05, 0) is 37.5 Å². The second kappa shape index (κ2) is 6.35. The van der Waals surface area contributed by atoms with Gasteiger partial charge in [-0.15, -0.1) is 0 Å². The molecule has 1 aliphatic rings. The Morgan fingerprint density at radius 3 is 2.71 bits per heavy atom. The average molecular weight is 312 g/mol. The molecule has 0 atom stereocenters. The van der Waals surface area contributed by atoms with E-state index in [1.165, 1.54) is 6.07 Å². The predicted octanol–water partition coefficient (Wildman–Crippen LogP) is 2.72. The van der Waals surface area contributed by atoms with Gasteiger partial charge in [0.05, 0.1) is 17.6 Å². The Morgan fingerprint density at radius 2 is 2.14 bits per heavy atom. The molecular weight excluding hydrogens is 294 g/mol. The fourth-order valence-corrected chi connectivity index (χ4v) is 2.15. The van der Waals surface area contributed by atoms with Crippen molar-refractivity contribution < 1.29 is 19.4 Å². The van der Waals surface area contributed by atoms with E-state index in [9.17, 15) is 9.59 Å². The van der Waals surface area contributed by atoms with Gasteiger partial charge < -0.3 is 15.2 Å². The highest BCUT2D eigenvalue weighted by atomic mass is 35.5. The van der Waals surface area contributed by atoms with Gasteiger partial charge in [-0.25, -0.2) is 0 Å². The van der Waals surface area contributed by atoms with Gasteiger partial charge in [-0.1, -0.05) is 18.5 Å². The Hall–Kier alpha value is -1.75. The number of carboxylic acid groups (broad SMARTS) is 1. The van der Waals surface area contributed by atoms with E-state index in [-0.39, 0.29) is 12.5 Å². The summed E-state index contributed by atoms with van der Waals surface area (Å²) in [6.07, 6.45) is 2.01. The van der Waals surface area contributed by atoms with Crippen LogP contribution in [0.2, 0.25) is 5.02 Å². The maximum absolute atomic E-state index is 12.2. The third-order valence-electron chi connectivity index (χ3n) is 3.54. The third kappa shape index (κ3) is 3.67. The zero-order valence-electron chi connectivity index (χ0n) is 11.8. The van der Waals surface area contributed by atoms with Crippen LogP contribution in [0, 0.1) is 5.41 Å². The van der Waals surface area contributed by atoms with Gasteiger partial charge in [0.2, 0.25) is 0 Å². The standard InChI is InChI=1S/C15H18ClNO4/c1-2-7-21-12-4-3-10(16)8-11(12)13(18)17-9-15(5-6-15)14(19)20/h3-4,8H,2,5-7,9H2,1H3,(H,17,18)(H,19,20). The molecule has 0 saturated heterocycles. The molecule has 1 saturated carbocycles. The lowest BCUT2D eigenvalue weighted by Crippen LogP contribution is -2.34. The van der Waals surface area contributed by atoms with Gasteiger partial charge in [0.1, 0.15) is 5.75 Å². The van der Waals surface area contributed by atoms with Crippen LogP contribution in [0.15, 0.2) is 18.2 Å². The first-order chi connectivity index (χ1) is 9.98. The highest BCUT2D eigenvalue weighted by Gasteiger charge is 2.50. The number of carboxylic acids is 1. The Bertz CT molecular complexity index is 555. The number of amides is 1. The lowest BCUT2D eigenvalue weighted by molar-refractivity contribution is -0.143. The van der Waals surface area contributed by atoms with Gasteiger partial charge >= 0.3 is 5.97 Å². The molecule has 1 fully saturated rings. The highest BCUT2D eigenvalue weighted by Crippen LogP contribution is 2.45. The van der Waals surface area contributed by atoms with E-state index in [2.05, 4.69) is 5.32 Å². The Labute approximate surface area is 128 Å². The molecule has 0 spiro atoms. The van der Waals surface area contributed by atoms with Crippen LogP contribution in [0.25, 0.3) is 0 Å². The molecule has 1 amide bonds. The van der Waals surface area contributed by atoms with E-state index in [0.29, 0.717) is 35.8 Å². The lowest BCUT2D eigenvalue weighted by Gasteiger charge is -2.14. The zero-order chi connectivity index (χ0) is 15.5. The smallest absolute Gasteiger partial charge is 0.311 e. The molecule has 6 heteroatoms. The average Bonchev–Trinajstić information content (AvgIpc) is 3.24. The van der Waals surface area contributed by atoms with Crippen LogP contribution in [0.4, 0.5) is 0 Å². The fraction of sp³-hybridized carbons (Fsp3) is 0.467. The summed E-state index contributed by atoms with van der Waals surface area (Å²) in [5, 5.41) is 12.2. The topological polar surface area (TPSA) is 75.6 Å². The van der Waals surface area contributed by atoms with Crippen LogP contribution in [0.3, 0.4) is 0 Å². The van der Waals surface area contributed by atoms with Crippen molar-refractivity contribution >= 4 is 23.5 Å². The zero-order valence-corrected chi connectivity index (χ0v) is 12.6. The van der Waals surface area contributed by atoms with E-state index in [1.54, 1.807) is 12.1 Å². The minimum atomic E-state index is -0.864. The summed E-state index contributed by atoms with van der Waals surface area (Å²) in [6.45, 7) is 2.60. The summed E-state index contributed by atoms with van der Waals surface area (Å²) in [5.41, 5.74) is -0.462. The molecule has 1 aliphatic carbocycles. The van der Waals surface area contributed by atoms with E-state index in [4.69, 9.17) is 21.4 Å². The van der Waals surface area contributed by atoms with Gasteiger partial charge in [0.15, 0.2) is 0 Å². The quantitative estimate of drug-likeness (QED) is 0.812. The number of halogens is 1. The van der Waals surface area contributed by atoms with Crippen LogP contribution >= 0.6 is 11.6 Å². The van der Waals surface area contributed by atoms with E-state index in [0.717, 1.165) is 6.42 Å². The van der Waals surface area contributed by atoms with Crippen molar-refractivity contribution in [2.75, 3.05) is 13.2 Å². The molecule has 0 radical (unpaired) electrons. The third-order valence-corrected chi connectivity index (χ3v) is 3.78. The maximum atomic E-state index is 12.2. The number of carbonyl (C=O) groups is 2. The SMILES string of the molecule is CCCOc1ccc(Cl)cc1C(=O)NCC1(C(=O)O)CC1. The Balaban J connectivity index is 2.07. The second-order valence-corrected chi connectivity index (χ2v) is 5.69. The predicted molar refractivity (Wildman–Crippen MR) is 78.9 cm³/mol. The van der Waals surface area contributed by atoms with Crippen molar-refractivity contribution in [3.8, 4) is 5.75 Å². The summed E-state index contributed by atoms with van der Waals surface area (Å²) >= 11 is 5.92. The molecule has 2 rings (SSSR count). The molecule has 0 aromatic heterocycles. The van der Waals surface area contributed by atoms with E-state index >= 15 is 0 Å². The first-order valence-corrected chi connectivity index (χ1v) is 7.30. The molecule has 0 unspecified atom stereocenters. The fourth-order valence-electron chi connectivity index (χ4n) is 1.98. The molecular formula is C15H18ClNO4. The minimum absolute atomic E-state index is 0.126. The normalized spacial score (nSPS) is 15.3. The van der Waals surface area contributed by atoms with Crippen LogP contribution < -0.4 is 10.1 Å². The lowest BCUT2D eigenvalue weighted by atomic mass is 10.1. The molecule has 1 aromatic rings. The molecule has 114 valence electrons. The summed E-state index contributed by atoms with van der Waals surface area (Å²) < 4.78 is 5.52. The van der Waals surface area contributed by atoms with Crippen molar-refractivity contribution in [2.45, 2.75) is 26.2 Å². The Kier molecular flexibility index (Phi) is 4.73. The molecule has 5 nitrogen and oxygen atoms in total. The van der Waals surface area contributed by atoms with Gasteiger partial charge in [-0.2, -0.15) is 0 Å². The highest BCUT2D eigenvalue weighted by molar-refractivity contribution is 6.31. The van der Waals surface area contributed by atoms with Crippen molar-refractivity contribution in [3.63, 3.8) is 0 Å². The minimum Gasteiger partial charge on any atom is -0.493 e. The first-order valence-electron chi connectivity index (χ1n) is 6.92. The molecule has 21 heavy (non-hydrogen) atoms. The summed E-state index contributed by atoms with van der Waals surface area (Å²) in [6, 6.07) is 4.84. The van der Waals surface area contributed by atoms with Crippen molar-refractivity contribution in [2.24, 2.45) is 5.41 Å². The largest absolute Gasteiger partial charge is 0.493 e. The van der Waals surface area contributed by atoms with Crippen LogP contribution in [0.1, 0.15) is 36.5 Å². The number of ether oxygens (including phenoxy) is 1. The number of carbonyl (C=O) groups excluding carboxylic acids is 1. The summed E-state index contributed by atoms with van der Waals surface area (Å²) in [7, 11) is 0. The van der Waals surface area contributed by atoms with Crippen molar-refractivity contribution in [1.82, 2.24) is 5.32 Å². The van der Waals surface area contributed by atoms with Crippen LogP contribution in [-0.4, -0.2) is 30.1 Å². The molecule has 1 aromatic carbocycles. The van der Waals surface area contributed by atoms with E-state index < -0.39 is 11.4 Å². The number of benzene rings is 1. The van der Waals surface area contributed by atoms with E-state index in [1.807, 2.05) is 6.92 Å². The first kappa shape index (κ1) is 15.6. The monoisotopic (exact) mass is 311 g/mol. The Morgan fingerprint density at radius 1 is 1.43 bits per heavy atom. The molecule has 0 aliphatic heterocycles. The number of hydrogen-bond acceptors (Lipinski definition) is 3. The number of hydrogen-bond donors (Lipinski definition) is 2. The summed E-state index contributed by atoms with van der Waals surface area (Å²) in [5.74, 6) is -0.772. The van der Waals surface area contributed by atoms with Crippen molar-refractivity contribution in [3.05, 3.63) is 28.8 Å². The van der Waals surface area contributed by atoms with Gasteiger partial charge in [-0.3, -0.25) is 9.59 Å². The molecule has 2 N–H and O–H groups in total. The number of rotatable bonds is 7. The second-order valence-electron chi connectivity index (χ2n) is 5.26. The van der Waals surface area contributed by atoms with Gasteiger partial charge in [0.25, 0.3) is 5.91 Å². The van der Waals surface area contributed by atoms with Crippen molar-refractivity contribution in [1.29, 1.82) is 0 Å². The maximum Gasteiger partial charge on any atom is 0.311 e. The number of nitrogens with one attached hydrogen (secondary N) is 1. The van der Waals surface area contributed by atoms with Gasteiger partial charge in [0, 0.05) is 11.6 Å². The molecule has 0 bridgehead atoms. The van der Waals surface area contributed by atoms with Crippen LogP contribution in [0.5, 0.6) is 5.75 Å². The molecule has 0 heterocycles. The van der Waals surface area contributed by atoms with Crippen LogP contribution in [-0.2, 0) is 4.79 Å². The number of aliphatic carboxylic acids is 1.